The number of hydrogen-bond acceptors (Lipinski definition) is 3. The second kappa shape index (κ2) is 9.65. The quantitative estimate of drug-likeness (QED) is 0.641. The number of ether oxygens (including phenoxy) is 2. The van der Waals surface area contributed by atoms with Crippen LogP contribution in [0.1, 0.15) is 80.1 Å². The standard InChI is InChI=1S/C13H23NO2.C7H16O/c1-10-5-6-13(7-10)8-14(9-13)11(15)16-12(2,3)4;1-3-5-7-8-6-4-2/h10H,5-9H2,1-4H3;3-7H2,1-2H3. The summed E-state index contributed by atoms with van der Waals surface area (Å²) in [5.41, 5.74) is 0.0686. The number of carbonyl (C=O) groups excluding carboxylic acids is 1. The van der Waals surface area contributed by atoms with Gasteiger partial charge in [-0.1, -0.05) is 33.6 Å². The van der Waals surface area contributed by atoms with E-state index in [0.29, 0.717) is 5.41 Å². The SMILES string of the molecule is CC1CCC2(C1)CN(C(=O)OC(C)(C)C)C2.CCCCOCCC. The number of hydrogen-bond donors (Lipinski definition) is 0. The molecule has 0 N–H and O–H groups in total. The molecule has 1 aliphatic heterocycles. The number of rotatable bonds is 5. The van der Waals surface area contributed by atoms with Crippen LogP contribution in [-0.4, -0.2) is 42.9 Å². The third kappa shape index (κ3) is 7.42. The van der Waals surface area contributed by atoms with Crippen LogP contribution < -0.4 is 0 Å². The van der Waals surface area contributed by atoms with Crippen LogP contribution in [0.2, 0.25) is 0 Å². The van der Waals surface area contributed by atoms with Gasteiger partial charge >= 0.3 is 6.09 Å². The first-order valence-corrected chi connectivity index (χ1v) is 9.77. The molecular weight excluding hydrogens is 302 g/mol. The normalized spacial score (nSPS) is 21.9. The average Bonchev–Trinajstić information content (AvgIpc) is 2.83. The van der Waals surface area contributed by atoms with E-state index in [1.807, 2.05) is 25.7 Å². The largest absolute Gasteiger partial charge is 0.444 e. The summed E-state index contributed by atoms with van der Waals surface area (Å²) >= 11 is 0. The lowest BCUT2D eigenvalue weighted by atomic mass is 9.78. The Labute approximate surface area is 149 Å². The fourth-order valence-electron chi connectivity index (χ4n) is 3.49. The molecule has 0 aromatic carbocycles. The van der Waals surface area contributed by atoms with Crippen molar-refractivity contribution in [3.05, 3.63) is 0 Å². The molecule has 0 radical (unpaired) electrons. The number of amides is 1. The van der Waals surface area contributed by atoms with Gasteiger partial charge in [-0.3, -0.25) is 0 Å². The molecule has 142 valence electrons. The summed E-state index contributed by atoms with van der Waals surface area (Å²) < 4.78 is 10.6. The van der Waals surface area contributed by atoms with Gasteiger partial charge in [0, 0.05) is 31.7 Å². The van der Waals surface area contributed by atoms with Crippen molar-refractivity contribution in [3.8, 4) is 0 Å². The van der Waals surface area contributed by atoms with Crippen LogP contribution in [0.3, 0.4) is 0 Å². The Kier molecular flexibility index (Phi) is 8.55. The average molecular weight is 342 g/mol. The van der Waals surface area contributed by atoms with Crippen molar-refractivity contribution in [2.75, 3.05) is 26.3 Å². The first kappa shape index (κ1) is 21.3. The van der Waals surface area contributed by atoms with Gasteiger partial charge in [0.2, 0.25) is 0 Å². The molecule has 4 heteroatoms. The van der Waals surface area contributed by atoms with Crippen LogP contribution >= 0.6 is 0 Å². The Bertz CT molecular complexity index is 364. The molecule has 1 spiro atoms. The maximum Gasteiger partial charge on any atom is 0.410 e. The zero-order chi connectivity index (χ0) is 18.2. The second-order valence-electron chi connectivity index (χ2n) is 8.65. The van der Waals surface area contributed by atoms with E-state index in [9.17, 15) is 4.79 Å². The van der Waals surface area contributed by atoms with E-state index in [1.165, 1.54) is 32.1 Å². The van der Waals surface area contributed by atoms with Gasteiger partial charge in [-0.15, -0.1) is 0 Å². The highest BCUT2D eigenvalue weighted by Crippen LogP contribution is 2.48. The molecule has 4 nitrogen and oxygen atoms in total. The van der Waals surface area contributed by atoms with E-state index in [4.69, 9.17) is 9.47 Å². The predicted octanol–water partition coefficient (Wildman–Crippen LogP) is 5.26. The Morgan fingerprint density at radius 3 is 2.29 bits per heavy atom. The molecule has 1 heterocycles. The van der Waals surface area contributed by atoms with Crippen LogP contribution in [0.15, 0.2) is 0 Å². The minimum absolute atomic E-state index is 0.141. The Hall–Kier alpha value is -0.770. The van der Waals surface area contributed by atoms with Gasteiger partial charge in [0.05, 0.1) is 0 Å². The fourth-order valence-corrected chi connectivity index (χ4v) is 3.49. The first-order chi connectivity index (χ1) is 11.2. The van der Waals surface area contributed by atoms with Crippen molar-refractivity contribution in [2.45, 2.75) is 85.7 Å². The summed E-state index contributed by atoms with van der Waals surface area (Å²) in [4.78, 5) is 13.6. The summed E-state index contributed by atoms with van der Waals surface area (Å²) in [6.45, 7) is 16.1. The van der Waals surface area contributed by atoms with Crippen molar-refractivity contribution in [3.63, 3.8) is 0 Å². The molecule has 1 amide bonds. The highest BCUT2D eigenvalue weighted by atomic mass is 16.6. The molecule has 1 aliphatic carbocycles. The van der Waals surface area contributed by atoms with E-state index >= 15 is 0 Å². The lowest BCUT2D eigenvalue weighted by molar-refractivity contribution is -0.0330. The fraction of sp³-hybridized carbons (Fsp3) is 0.950. The molecule has 0 aromatic rings. The smallest absolute Gasteiger partial charge is 0.410 e. The molecule has 24 heavy (non-hydrogen) atoms. The molecule has 0 aromatic heterocycles. The van der Waals surface area contributed by atoms with Gasteiger partial charge in [-0.05, 0) is 52.4 Å². The van der Waals surface area contributed by atoms with E-state index in [-0.39, 0.29) is 11.7 Å². The molecule has 2 fully saturated rings. The van der Waals surface area contributed by atoms with Crippen molar-refractivity contribution in [1.29, 1.82) is 0 Å². The van der Waals surface area contributed by atoms with Gasteiger partial charge in [0.25, 0.3) is 0 Å². The zero-order valence-corrected chi connectivity index (χ0v) is 16.8. The van der Waals surface area contributed by atoms with E-state index in [2.05, 4.69) is 20.8 Å². The van der Waals surface area contributed by atoms with Crippen molar-refractivity contribution >= 4 is 6.09 Å². The number of nitrogens with zero attached hydrogens (tertiary/aromatic N) is 1. The van der Waals surface area contributed by atoms with Gasteiger partial charge in [-0.25, -0.2) is 4.79 Å². The van der Waals surface area contributed by atoms with Crippen molar-refractivity contribution in [1.82, 2.24) is 4.90 Å². The van der Waals surface area contributed by atoms with Crippen LogP contribution in [0.25, 0.3) is 0 Å². The molecule has 2 aliphatic rings. The topological polar surface area (TPSA) is 38.8 Å². The highest BCUT2D eigenvalue weighted by Gasteiger charge is 2.49. The van der Waals surface area contributed by atoms with Gasteiger partial charge in [0.1, 0.15) is 5.60 Å². The Balaban J connectivity index is 0.000000307. The lowest BCUT2D eigenvalue weighted by Gasteiger charge is -2.48. The van der Waals surface area contributed by atoms with Gasteiger partial charge in [0.15, 0.2) is 0 Å². The molecule has 1 atom stereocenters. The van der Waals surface area contributed by atoms with Crippen molar-refractivity contribution in [2.24, 2.45) is 11.3 Å². The summed E-state index contributed by atoms with van der Waals surface area (Å²) in [7, 11) is 0. The molecule has 0 bridgehead atoms. The summed E-state index contributed by atoms with van der Waals surface area (Å²) in [5.74, 6) is 0.834. The molecule has 2 rings (SSSR count). The third-order valence-electron chi connectivity index (χ3n) is 4.64. The molecular formula is C20H39NO3. The van der Waals surface area contributed by atoms with Crippen molar-refractivity contribution < 1.29 is 14.3 Å². The Morgan fingerprint density at radius 1 is 1.17 bits per heavy atom. The van der Waals surface area contributed by atoms with Crippen LogP contribution in [0.4, 0.5) is 4.79 Å². The van der Waals surface area contributed by atoms with Crippen LogP contribution in [0, 0.1) is 11.3 Å². The molecule has 1 unspecified atom stereocenters. The van der Waals surface area contributed by atoms with E-state index < -0.39 is 0 Å². The van der Waals surface area contributed by atoms with Crippen LogP contribution in [0.5, 0.6) is 0 Å². The molecule has 1 saturated heterocycles. The van der Waals surface area contributed by atoms with Crippen LogP contribution in [-0.2, 0) is 9.47 Å². The predicted molar refractivity (Wildman–Crippen MR) is 99.3 cm³/mol. The monoisotopic (exact) mass is 341 g/mol. The summed E-state index contributed by atoms with van der Waals surface area (Å²) in [6.07, 6.45) is 7.34. The highest BCUT2D eigenvalue weighted by molar-refractivity contribution is 5.69. The minimum atomic E-state index is -0.372. The second-order valence-corrected chi connectivity index (χ2v) is 8.65. The Morgan fingerprint density at radius 2 is 1.83 bits per heavy atom. The van der Waals surface area contributed by atoms with E-state index in [1.54, 1.807) is 0 Å². The number of likely N-dealkylation sites (tertiary alicyclic amines) is 1. The third-order valence-corrected chi connectivity index (χ3v) is 4.64. The zero-order valence-electron chi connectivity index (χ0n) is 16.8. The van der Waals surface area contributed by atoms with Gasteiger partial charge in [-0.2, -0.15) is 0 Å². The number of carbonyl (C=O) groups is 1. The lowest BCUT2D eigenvalue weighted by Crippen LogP contribution is -2.58. The summed E-state index contributed by atoms with van der Waals surface area (Å²) in [6, 6.07) is 0. The number of unbranched alkanes of at least 4 members (excludes halogenated alkanes) is 1. The minimum Gasteiger partial charge on any atom is -0.444 e. The molecule has 1 saturated carbocycles. The van der Waals surface area contributed by atoms with E-state index in [0.717, 1.165) is 38.6 Å². The maximum absolute atomic E-state index is 11.8. The first-order valence-electron chi connectivity index (χ1n) is 9.77. The maximum atomic E-state index is 11.8. The van der Waals surface area contributed by atoms with Gasteiger partial charge < -0.3 is 14.4 Å². The summed E-state index contributed by atoms with van der Waals surface area (Å²) in [5, 5.41) is 0.